The molecule has 0 amide bonds. The summed E-state index contributed by atoms with van der Waals surface area (Å²) >= 11 is 0. The van der Waals surface area contributed by atoms with Crippen LogP contribution in [-0.4, -0.2) is 51.3 Å². The molecule has 0 N–H and O–H groups in total. The summed E-state index contributed by atoms with van der Waals surface area (Å²) in [4.78, 5) is 22.9. The Kier molecular flexibility index (Phi) is 6.55. The molecule has 1 heterocycles. The largest absolute Gasteiger partial charge is 0.495 e. The maximum atomic E-state index is 13.0. The summed E-state index contributed by atoms with van der Waals surface area (Å²) in [5.41, 5.74) is 0.0652. The van der Waals surface area contributed by atoms with Gasteiger partial charge in [0, 0.05) is 13.1 Å². The molecule has 0 unspecified atom stereocenters. The van der Waals surface area contributed by atoms with Gasteiger partial charge in [-0.25, -0.2) is 13.2 Å². The standard InChI is InChI=1S/C17H23NO6S/c1-13(19)12-24-17(20)14-7-8-15(23-2)16(11-14)25(21,22)18-9-5-3-4-6-10-18/h7-8,11H,3-6,9-10,12H2,1-2H3. The van der Waals surface area contributed by atoms with Crippen molar-refractivity contribution in [3.05, 3.63) is 23.8 Å². The lowest BCUT2D eigenvalue weighted by atomic mass is 10.2. The van der Waals surface area contributed by atoms with Gasteiger partial charge in [-0.3, -0.25) is 4.79 Å². The highest BCUT2D eigenvalue weighted by molar-refractivity contribution is 7.89. The second kappa shape index (κ2) is 8.44. The molecule has 1 aliphatic rings. The molecule has 0 aromatic heterocycles. The fourth-order valence-corrected chi connectivity index (χ4v) is 4.38. The van der Waals surface area contributed by atoms with E-state index >= 15 is 0 Å². The van der Waals surface area contributed by atoms with E-state index < -0.39 is 16.0 Å². The molecule has 0 spiro atoms. The molecule has 1 aromatic rings. The SMILES string of the molecule is COc1ccc(C(=O)OCC(C)=O)cc1S(=O)(=O)N1CCCCCC1. The third kappa shape index (κ3) is 4.79. The second-order valence-corrected chi connectivity index (χ2v) is 7.87. The van der Waals surface area contributed by atoms with Crippen molar-refractivity contribution < 1.29 is 27.5 Å². The highest BCUT2D eigenvalue weighted by Crippen LogP contribution is 2.29. The molecule has 1 aromatic carbocycles. The van der Waals surface area contributed by atoms with Crippen LogP contribution in [0.4, 0.5) is 0 Å². The normalized spacial score (nSPS) is 16.1. The van der Waals surface area contributed by atoms with Gasteiger partial charge in [-0.15, -0.1) is 0 Å². The van der Waals surface area contributed by atoms with Crippen molar-refractivity contribution in [2.75, 3.05) is 26.8 Å². The topological polar surface area (TPSA) is 90.0 Å². The zero-order valence-corrected chi connectivity index (χ0v) is 15.3. The van der Waals surface area contributed by atoms with Crippen LogP contribution in [-0.2, 0) is 19.6 Å². The van der Waals surface area contributed by atoms with Crippen molar-refractivity contribution in [3.8, 4) is 5.75 Å². The number of ether oxygens (including phenoxy) is 2. The van der Waals surface area contributed by atoms with E-state index in [1.54, 1.807) is 0 Å². The van der Waals surface area contributed by atoms with E-state index in [4.69, 9.17) is 9.47 Å². The number of rotatable bonds is 6. The Bertz CT molecular complexity index is 736. The Hall–Kier alpha value is -1.93. The minimum absolute atomic E-state index is 0.0609. The van der Waals surface area contributed by atoms with Crippen molar-refractivity contribution in [1.82, 2.24) is 4.31 Å². The van der Waals surface area contributed by atoms with Crippen LogP contribution in [0.1, 0.15) is 43.0 Å². The van der Waals surface area contributed by atoms with Gasteiger partial charge in [0.1, 0.15) is 17.3 Å². The van der Waals surface area contributed by atoms with Crippen molar-refractivity contribution in [3.63, 3.8) is 0 Å². The maximum absolute atomic E-state index is 13.0. The van der Waals surface area contributed by atoms with E-state index in [1.165, 1.54) is 36.5 Å². The molecule has 2 rings (SSSR count). The van der Waals surface area contributed by atoms with Crippen LogP contribution >= 0.6 is 0 Å². The summed E-state index contributed by atoms with van der Waals surface area (Å²) in [7, 11) is -2.40. The number of carbonyl (C=O) groups excluding carboxylic acids is 2. The summed E-state index contributed by atoms with van der Waals surface area (Å²) in [5, 5.41) is 0. The molecule has 0 saturated carbocycles. The average molecular weight is 369 g/mol. The van der Waals surface area contributed by atoms with E-state index in [-0.39, 0.29) is 28.6 Å². The Morgan fingerprint density at radius 2 is 1.76 bits per heavy atom. The first-order valence-corrected chi connectivity index (χ1v) is 9.65. The molecule has 25 heavy (non-hydrogen) atoms. The predicted molar refractivity (Wildman–Crippen MR) is 91.2 cm³/mol. The summed E-state index contributed by atoms with van der Waals surface area (Å²) in [5.74, 6) is -0.864. The van der Waals surface area contributed by atoms with Crippen LogP contribution in [0.15, 0.2) is 23.1 Å². The number of carbonyl (C=O) groups is 2. The number of Topliss-reactive ketones (excluding diaryl/α,β-unsaturated/α-hetero) is 1. The lowest BCUT2D eigenvalue weighted by Gasteiger charge is -2.21. The predicted octanol–water partition coefficient (Wildman–Crippen LogP) is 2.01. The first kappa shape index (κ1) is 19.4. The number of esters is 1. The minimum atomic E-state index is -3.78. The quantitative estimate of drug-likeness (QED) is 0.713. The van der Waals surface area contributed by atoms with Gasteiger partial charge in [-0.05, 0) is 38.0 Å². The Morgan fingerprint density at radius 3 is 2.32 bits per heavy atom. The van der Waals surface area contributed by atoms with Crippen LogP contribution in [0.5, 0.6) is 5.75 Å². The number of hydrogen-bond donors (Lipinski definition) is 0. The van der Waals surface area contributed by atoms with Crippen LogP contribution in [0, 0.1) is 0 Å². The second-order valence-electron chi connectivity index (χ2n) is 5.96. The average Bonchev–Trinajstić information content (AvgIpc) is 2.89. The highest BCUT2D eigenvalue weighted by atomic mass is 32.2. The number of nitrogens with zero attached hydrogens (tertiary/aromatic N) is 1. The molecule has 1 aliphatic heterocycles. The number of benzene rings is 1. The molecule has 138 valence electrons. The van der Waals surface area contributed by atoms with Gasteiger partial charge in [-0.2, -0.15) is 4.31 Å². The van der Waals surface area contributed by atoms with Gasteiger partial charge in [0.25, 0.3) is 0 Å². The summed E-state index contributed by atoms with van der Waals surface area (Å²) < 4.78 is 37.5. The molecule has 1 saturated heterocycles. The van der Waals surface area contributed by atoms with Crippen LogP contribution in [0.2, 0.25) is 0 Å². The van der Waals surface area contributed by atoms with E-state index in [1.807, 2.05) is 0 Å². The number of hydrogen-bond acceptors (Lipinski definition) is 6. The number of methoxy groups -OCH3 is 1. The lowest BCUT2D eigenvalue weighted by Crippen LogP contribution is -2.32. The molecule has 0 bridgehead atoms. The van der Waals surface area contributed by atoms with Crippen LogP contribution in [0.25, 0.3) is 0 Å². The zero-order chi connectivity index (χ0) is 18.4. The zero-order valence-electron chi connectivity index (χ0n) is 14.5. The smallest absolute Gasteiger partial charge is 0.338 e. The maximum Gasteiger partial charge on any atom is 0.338 e. The first-order chi connectivity index (χ1) is 11.9. The Labute approximate surface area is 148 Å². The van der Waals surface area contributed by atoms with Crippen LogP contribution in [0.3, 0.4) is 0 Å². The van der Waals surface area contributed by atoms with Crippen molar-refractivity contribution in [1.29, 1.82) is 0 Å². The molecular weight excluding hydrogens is 346 g/mol. The summed E-state index contributed by atoms with van der Waals surface area (Å²) in [6.45, 7) is 1.85. The molecule has 7 nitrogen and oxygen atoms in total. The molecule has 1 fully saturated rings. The van der Waals surface area contributed by atoms with Gasteiger partial charge < -0.3 is 9.47 Å². The monoisotopic (exact) mass is 369 g/mol. The first-order valence-electron chi connectivity index (χ1n) is 8.21. The summed E-state index contributed by atoms with van der Waals surface area (Å²) in [6, 6.07) is 4.10. The van der Waals surface area contributed by atoms with Gasteiger partial charge in [0.2, 0.25) is 10.0 Å². The third-order valence-electron chi connectivity index (χ3n) is 3.99. The Morgan fingerprint density at radius 1 is 1.12 bits per heavy atom. The highest BCUT2D eigenvalue weighted by Gasteiger charge is 2.29. The van der Waals surface area contributed by atoms with Gasteiger partial charge in [0.05, 0.1) is 12.7 Å². The minimum Gasteiger partial charge on any atom is -0.495 e. The fourth-order valence-electron chi connectivity index (χ4n) is 2.68. The van der Waals surface area contributed by atoms with E-state index in [9.17, 15) is 18.0 Å². The van der Waals surface area contributed by atoms with Crippen molar-refractivity contribution >= 4 is 21.8 Å². The van der Waals surface area contributed by atoms with Crippen molar-refractivity contribution in [2.45, 2.75) is 37.5 Å². The molecule has 0 atom stereocenters. The number of sulfonamides is 1. The molecule has 8 heteroatoms. The molecular formula is C17H23NO6S. The summed E-state index contributed by atoms with van der Waals surface area (Å²) in [6.07, 6.45) is 3.62. The van der Waals surface area contributed by atoms with Gasteiger partial charge >= 0.3 is 5.97 Å². The number of ketones is 1. The third-order valence-corrected chi connectivity index (χ3v) is 5.91. The van der Waals surface area contributed by atoms with E-state index in [0.29, 0.717) is 13.1 Å². The molecule has 0 radical (unpaired) electrons. The van der Waals surface area contributed by atoms with Gasteiger partial charge in [0.15, 0.2) is 5.78 Å². The fraction of sp³-hybridized carbons (Fsp3) is 0.529. The van der Waals surface area contributed by atoms with Crippen molar-refractivity contribution in [2.24, 2.45) is 0 Å². The van der Waals surface area contributed by atoms with Gasteiger partial charge in [-0.1, -0.05) is 12.8 Å². The Balaban J connectivity index is 2.35. The van der Waals surface area contributed by atoms with Crippen LogP contribution < -0.4 is 4.74 Å². The lowest BCUT2D eigenvalue weighted by molar-refractivity contribution is -0.120. The molecule has 0 aliphatic carbocycles. The van der Waals surface area contributed by atoms with E-state index in [0.717, 1.165) is 25.7 Å². The van der Waals surface area contributed by atoms with E-state index in [2.05, 4.69) is 0 Å².